The highest BCUT2D eigenvalue weighted by molar-refractivity contribution is 7.46. The first-order valence-corrected chi connectivity index (χ1v) is 6.18. The fourth-order valence-electron chi connectivity index (χ4n) is 1.52. The van der Waals surface area contributed by atoms with Crippen LogP contribution >= 0.6 is 7.82 Å². The molecule has 0 unspecified atom stereocenters. The van der Waals surface area contributed by atoms with Crippen molar-refractivity contribution in [2.75, 3.05) is 0 Å². The number of aryl methyl sites for hydroxylation is 1. The predicted molar refractivity (Wildman–Crippen MR) is 59.9 cm³/mol. The molecule has 0 fully saturated rings. The molecule has 0 aliphatic heterocycles. The van der Waals surface area contributed by atoms with Crippen LogP contribution in [0.2, 0.25) is 0 Å². The van der Waals surface area contributed by atoms with E-state index in [4.69, 9.17) is 14.2 Å². The van der Waals surface area contributed by atoms with Crippen molar-refractivity contribution in [2.24, 2.45) is 0 Å². The fraction of sp³-hybridized carbons (Fsp3) is 0.100. The van der Waals surface area contributed by atoms with Crippen molar-refractivity contribution in [2.45, 2.75) is 6.92 Å². The minimum atomic E-state index is -4.62. The third-order valence-electron chi connectivity index (χ3n) is 2.14. The number of fused-ring (bicyclic) bond motifs is 1. The number of hydrogen-bond donors (Lipinski definition) is 2. The van der Waals surface area contributed by atoms with Gasteiger partial charge in [-0.1, -0.05) is 0 Å². The first-order valence-electron chi connectivity index (χ1n) is 4.65. The largest absolute Gasteiger partial charge is 0.524 e. The van der Waals surface area contributed by atoms with Gasteiger partial charge in [-0.15, -0.1) is 0 Å². The zero-order valence-corrected chi connectivity index (χ0v) is 9.68. The van der Waals surface area contributed by atoms with Crippen molar-refractivity contribution in [3.05, 3.63) is 40.2 Å². The Hall–Kier alpha value is -1.62. The molecule has 0 amide bonds. The van der Waals surface area contributed by atoms with Crippen LogP contribution in [0.5, 0.6) is 5.75 Å². The average Bonchev–Trinajstić information content (AvgIpc) is 2.13. The van der Waals surface area contributed by atoms with Crippen LogP contribution in [-0.2, 0) is 4.57 Å². The van der Waals surface area contributed by atoms with Gasteiger partial charge in [0.1, 0.15) is 11.3 Å². The van der Waals surface area contributed by atoms with Crippen molar-refractivity contribution in [3.63, 3.8) is 0 Å². The second kappa shape index (κ2) is 4.00. The van der Waals surface area contributed by atoms with Crippen LogP contribution in [0.1, 0.15) is 5.56 Å². The summed E-state index contributed by atoms with van der Waals surface area (Å²) in [5, 5.41) is 0.683. The molecule has 6 nitrogen and oxygen atoms in total. The molecule has 1 heterocycles. The van der Waals surface area contributed by atoms with Gasteiger partial charge in [0, 0.05) is 17.5 Å². The molecule has 0 saturated carbocycles. The minimum absolute atomic E-state index is 0.0438. The standard InChI is InChI=1S/C10H9O6P/c1-6-4-7(16-17(12,13)14)5-9-8(6)2-3-10(11)15-9/h2-5H,1H3,(H2,12,13,14). The van der Waals surface area contributed by atoms with Crippen LogP contribution in [0, 0.1) is 6.92 Å². The van der Waals surface area contributed by atoms with Crippen LogP contribution in [0.25, 0.3) is 11.0 Å². The third kappa shape index (κ3) is 2.74. The van der Waals surface area contributed by atoms with Gasteiger partial charge in [-0.2, -0.15) is 0 Å². The summed E-state index contributed by atoms with van der Waals surface area (Å²) in [5.74, 6) is -0.0438. The number of rotatable bonds is 2. The summed E-state index contributed by atoms with van der Waals surface area (Å²) in [4.78, 5) is 28.4. The molecule has 0 spiro atoms. The Morgan fingerprint density at radius 3 is 2.65 bits per heavy atom. The van der Waals surface area contributed by atoms with Gasteiger partial charge < -0.3 is 8.94 Å². The van der Waals surface area contributed by atoms with E-state index in [0.717, 1.165) is 0 Å². The van der Waals surface area contributed by atoms with Gasteiger partial charge in [-0.3, -0.25) is 9.79 Å². The highest BCUT2D eigenvalue weighted by atomic mass is 31.2. The lowest BCUT2D eigenvalue weighted by atomic mass is 10.1. The van der Waals surface area contributed by atoms with Crippen molar-refractivity contribution < 1.29 is 23.3 Å². The van der Waals surface area contributed by atoms with Gasteiger partial charge in [0.2, 0.25) is 0 Å². The maximum atomic E-state index is 11.0. The average molecular weight is 256 g/mol. The van der Waals surface area contributed by atoms with Crippen molar-refractivity contribution in [3.8, 4) is 5.75 Å². The maximum Gasteiger partial charge on any atom is 0.524 e. The monoisotopic (exact) mass is 256 g/mol. The molecule has 0 aliphatic carbocycles. The minimum Gasteiger partial charge on any atom is -0.423 e. The van der Waals surface area contributed by atoms with Crippen LogP contribution in [0.15, 0.2) is 33.5 Å². The molecule has 0 saturated heterocycles. The van der Waals surface area contributed by atoms with Gasteiger partial charge >= 0.3 is 13.4 Å². The Bertz CT molecular complexity index is 668. The maximum absolute atomic E-state index is 11.0. The molecule has 0 aliphatic rings. The molecule has 0 bridgehead atoms. The lowest BCUT2D eigenvalue weighted by Crippen LogP contribution is -1.96. The number of hydrogen-bond acceptors (Lipinski definition) is 4. The second-order valence-electron chi connectivity index (χ2n) is 3.49. The second-order valence-corrected chi connectivity index (χ2v) is 4.65. The van der Waals surface area contributed by atoms with Crippen LogP contribution < -0.4 is 10.1 Å². The predicted octanol–water partition coefficient (Wildman–Crippen LogP) is 1.57. The molecule has 7 heteroatoms. The number of phosphoric acid groups is 1. The molecular formula is C10H9O6P. The molecule has 1 aromatic heterocycles. The van der Waals surface area contributed by atoms with E-state index in [1.165, 1.54) is 18.2 Å². The van der Waals surface area contributed by atoms with Gasteiger partial charge in [-0.25, -0.2) is 9.36 Å². The van der Waals surface area contributed by atoms with Crippen LogP contribution in [0.3, 0.4) is 0 Å². The summed E-state index contributed by atoms with van der Waals surface area (Å²) in [6, 6.07) is 5.58. The van der Waals surface area contributed by atoms with Crippen molar-refractivity contribution in [1.29, 1.82) is 0 Å². The van der Waals surface area contributed by atoms with Crippen LogP contribution in [0.4, 0.5) is 0 Å². The molecule has 90 valence electrons. The Morgan fingerprint density at radius 1 is 1.29 bits per heavy atom. The van der Waals surface area contributed by atoms with E-state index >= 15 is 0 Å². The smallest absolute Gasteiger partial charge is 0.423 e. The molecule has 0 radical (unpaired) electrons. The summed E-state index contributed by atoms with van der Waals surface area (Å²) < 4.78 is 20.0. The lowest BCUT2D eigenvalue weighted by Gasteiger charge is -2.08. The van der Waals surface area contributed by atoms with Gasteiger partial charge in [0.25, 0.3) is 0 Å². The van der Waals surface area contributed by atoms with Gasteiger partial charge in [0.05, 0.1) is 0 Å². The van der Waals surface area contributed by atoms with E-state index in [1.54, 1.807) is 13.0 Å². The summed E-state index contributed by atoms with van der Waals surface area (Å²) >= 11 is 0. The van der Waals surface area contributed by atoms with Crippen LogP contribution in [-0.4, -0.2) is 9.79 Å². The number of phosphoric ester groups is 1. The molecule has 0 atom stereocenters. The molecule has 17 heavy (non-hydrogen) atoms. The topological polar surface area (TPSA) is 97.0 Å². The Morgan fingerprint density at radius 2 is 2.00 bits per heavy atom. The quantitative estimate of drug-likeness (QED) is 0.625. The summed E-state index contributed by atoms with van der Waals surface area (Å²) in [5.41, 5.74) is 0.376. The Kier molecular flexibility index (Phi) is 2.79. The zero-order valence-electron chi connectivity index (χ0n) is 8.78. The zero-order chi connectivity index (χ0) is 12.6. The molecule has 2 N–H and O–H groups in total. The summed E-state index contributed by atoms with van der Waals surface area (Å²) in [7, 11) is -4.62. The molecule has 2 rings (SSSR count). The van der Waals surface area contributed by atoms with Gasteiger partial charge in [0.15, 0.2) is 0 Å². The SMILES string of the molecule is Cc1cc(OP(=O)(O)O)cc2oc(=O)ccc12. The van der Waals surface area contributed by atoms with E-state index in [9.17, 15) is 9.36 Å². The van der Waals surface area contributed by atoms with E-state index in [2.05, 4.69) is 4.52 Å². The third-order valence-corrected chi connectivity index (χ3v) is 2.59. The van der Waals surface area contributed by atoms with E-state index in [-0.39, 0.29) is 11.3 Å². The first-order chi connectivity index (χ1) is 7.85. The molecule has 1 aromatic carbocycles. The normalized spacial score (nSPS) is 11.7. The number of benzene rings is 1. The summed E-state index contributed by atoms with van der Waals surface area (Å²) in [6.07, 6.45) is 0. The van der Waals surface area contributed by atoms with Crippen molar-refractivity contribution in [1.82, 2.24) is 0 Å². The van der Waals surface area contributed by atoms with E-state index in [0.29, 0.717) is 10.9 Å². The molecule has 2 aromatic rings. The Balaban J connectivity index is 2.61. The Labute approximate surface area is 95.7 Å². The fourth-order valence-corrected chi connectivity index (χ4v) is 1.90. The van der Waals surface area contributed by atoms with E-state index < -0.39 is 13.4 Å². The highest BCUT2D eigenvalue weighted by Gasteiger charge is 2.17. The summed E-state index contributed by atoms with van der Waals surface area (Å²) in [6.45, 7) is 1.72. The van der Waals surface area contributed by atoms with Gasteiger partial charge in [-0.05, 0) is 24.6 Å². The highest BCUT2D eigenvalue weighted by Crippen LogP contribution is 2.38. The van der Waals surface area contributed by atoms with Crippen molar-refractivity contribution >= 4 is 18.8 Å². The lowest BCUT2D eigenvalue weighted by molar-refractivity contribution is 0.283. The molecular weight excluding hydrogens is 247 g/mol. The first kappa shape index (κ1) is 11.9. The van der Waals surface area contributed by atoms with E-state index in [1.807, 2.05) is 0 Å².